The Hall–Kier alpha value is -1.79. The molecule has 2 aromatic rings. The second-order valence-electron chi connectivity index (χ2n) is 4.40. The van der Waals surface area contributed by atoms with E-state index in [0.717, 1.165) is 16.4 Å². The number of carbonyl (C=O) groups is 1. The van der Waals surface area contributed by atoms with Crippen molar-refractivity contribution in [2.45, 2.75) is 13.5 Å². The van der Waals surface area contributed by atoms with E-state index in [1.54, 1.807) is 23.5 Å². The standard InChI is InChI=1S/C13H12ClN3O2S/c1-7-6-20-13(16-7)4-15-9-3-11-10(2-8(9)14)17-12(18)5-19-11/h2-3,6,15H,4-5H2,1H3,(H,17,18). The lowest BCUT2D eigenvalue weighted by atomic mass is 10.2. The molecule has 104 valence electrons. The van der Waals surface area contributed by atoms with Gasteiger partial charge in [-0.2, -0.15) is 0 Å². The molecule has 0 saturated carbocycles. The van der Waals surface area contributed by atoms with E-state index in [4.69, 9.17) is 16.3 Å². The van der Waals surface area contributed by atoms with Crippen LogP contribution in [0.5, 0.6) is 5.75 Å². The summed E-state index contributed by atoms with van der Waals surface area (Å²) in [4.78, 5) is 15.6. The summed E-state index contributed by atoms with van der Waals surface area (Å²) >= 11 is 7.79. The second-order valence-corrected chi connectivity index (χ2v) is 5.75. The first-order valence-electron chi connectivity index (χ1n) is 6.03. The van der Waals surface area contributed by atoms with Gasteiger partial charge in [0.1, 0.15) is 10.8 Å². The quantitative estimate of drug-likeness (QED) is 0.914. The van der Waals surface area contributed by atoms with Crippen LogP contribution in [0, 0.1) is 6.92 Å². The maximum absolute atomic E-state index is 11.2. The number of rotatable bonds is 3. The third-order valence-electron chi connectivity index (χ3n) is 2.80. The van der Waals surface area contributed by atoms with Gasteiger partial charge in [-0.3, -0.25) is 4.79 Å². The lowest BCUT2D eigenvalue weighted by Gasteiger charge is -2.19. The van der Waals surface area contributed by atoms with Crippen LogP contribution in [0.3, 0.4) is 0 Å². The Morgan fingerprint density at radius 1 is 1.55 bits per heavy atom. The third-order valence-corrected chi connectivity index (χ3v) is 4.08. The molecule has 1 aliphatic rings. The summed E-state index contributed by atoms with van der Waals surface area (Å²) in [5, 5.41) is 9.47. The van der Waals surface area contributed by atoms with E-state index in [-0.39, 0.29) is 12.5 Å². The van der Waals surface area contributed by atoms with E-state index < -0.39 is 0 Å². The molecule has 0 spiro atoms. The maximum Gasteiger partial charge on any atom is 0.262 e. The maximum atomic E-state index is 11.2. The van der Waals surface area contributed by atoms with Crippen LogP contribution >= 0.6 is 22.9 Å². The number of aromatic nitrogens is 1. The molecule has 0 aliphatic carbocycles. The van der Waals surface area contributed by atoms with Gasteiger partial charge in [0.15, 0.2) is 6.61 Å². The fraction of sp³-hybridized carbons (Fsp3) is 0.231. The van der Waals surface area contributed by atoms with Crippen LogP contribution in [0.1, 0.15) is 10.7 Å². The highest BCUT2D eigenvalue weighted by Gasteiger charge is 2.18. The Labute approximate surface area is 124 Å². The zero-order valence-corrected chi connectivity index (χ0v) is 12.3. The molecule has 2 N–H and O–H groups in total. The van der Waals surface area contributed by atoms with Gasteiger partial charge < -0.3 is 15.4 Å². The monoisotopic (exact) mass is 309 g/mol. The van der Waals surface area contributed by atoms with E-state index in [1.165, 1.54) is 0 Å². The Kier molecular flexibility index (Phi) is 3.50. The first kappa shape index (κ1) is 13.2. The molecule has 0 bridgehead atoms. The zero-order chi connectivity index (χ0) is 14.1. The molecule has 1 aliphatic heterocycles. The Morgan fingerprint density at radius 2 is 2.40 bits per heavy atom. The SMILES string of the molecule is Cc1csc(CNc2cc3c(cc2Cl)NC(=O)CO3)n1. The number of amides is 1. The van der Waals surface area contributed by atoms with Gasteiger partial charge in [0.25, 0.3) is 5.91 Å². The van der Waals surface area contributed by atoms with E-state index in [2.05, 4.69) is 15.6 Å². The van der Waals surface area contributed by atoms with Crippen molar-refractivity contribution in [1.29, 1.82) is 0 Å². The second kappa shape index (κ2) is 5.30. The molecule has 5 nitrogen and oxygen atoms in total. The van der Waals surface area contributed by atoms with E-state index in [0.29, 0.717) is 23.0 Å². The number of nitrogens with zero attached hydrogens (tertiary/aromatic N) is 1. The molecule has 7 heteroatoms. The van der Waals surface area contributed by atoms with Crippen LogP contribution in [0.25, 0.3) is 0 Å². The average Bonchev–Trinajstić information content (AvgIpc) is 2.82. The molecular weight excluding hydrogens is 298 g/mol. The number of hydrogen-bond donors (Lipinski definition) is 2. The van der Waals surface area contributed by atoms with Crippen molar-refractivity contribution in [2.75, 3.05) is 17.2 Å². The number of thiazole rings is 1. The first-order chi connectivity index (χ1) is 9.61. The average molecular weight is 310 g/mol. The summed E-state index contributed by atoms with van der Waals surface area (Å²) in [6.07, 6.45) is 0. The van der Waals surface area contributed by atoms with Crippen LogP contribution in [0.2, 0.25) is 5.02 Å². The summed E-state index contributed by atoms with van der Waals surface area (Å²) in [5.74, 6) is 0.444. The van der Waals surface area contributed by atoms with Crippen molar-refractivity contribution in [2.24, 2.45) is 0 Å². The predicted octanol–water partition coefficient (Wildman–Crippen LogP) is 3.05. The predicted molar refractivity (Wildman–Crippen MR) is 79.8 cm³/mol. The van der Waals surface area contributed by atoms with E-state index in [9.17, 15) is 4.79 Å². The number of anilines is 2. The van der Waals surface area contributed by atoms with Crippen LogP contribution in [-0.2, 0) is 11.3 Å². The number of aryl methyl sites for hydroxylation is 1. The van der Waals surface area contributed by atoms with Gasteiger partial charge in [-0.1, -0.05) is 11.6 Å². The largest absolute Gasteiger partial charge is 0.482 e. The van der Waals surface area contributed by atoms with E-state index >= 15 is 0 Å². The molecule has 0 atom stereocenters. The van der Waals surface area contributed by atoms with Gasteiger partial charge in [-0.15, -0.1) is 11.3 Å². The number of fused-ring (bicyclic) bond motifs is 1. The minimum Gasteiger partial charge on any atom is -0.482 e. The molecule has 2 heterocycles. The van der Waals surface area contributed by atoms with Gasteiger partial charge in [0.05, 0.1) is 22.9 Å². The minimum atomic E-state index is -0.174. The highest BCUT2D eigenvalue weighted by atomic mass is 35.5. The molecule has 0 saturated heterocycles. The molecule has 1 aromatic carbocycles. The zero-order valence-electron chi connectivity index (χ0n) is 10.7. The normalized spacial score (nSPS) is 13.4. The fourth-order valence-electron chi connectivity index (χ4n) is 1.89. The Balaban J connectivity index is 1.78. The van der Waals surface area contributed by atoms with Crippen molar-refractivity contribution >= 4 is 40.2 Å². The topological polar surface area (TPSA) is 63.2 Å². The van der Waals surface area contributed by atoms with Gasteiger partial charge in [-0.05, 0) is 13.0 Å². The summed E-state index contributed by atoms with van der Waals surface area (Å²) in [6.45, 7) is 2.59. The molecule has 0 radical (unpaired) electrons. The molecule has 3 rings (SSSR count). The van der Waals surface area contributed by atoms with Crippen molar-refractivity contribution in [3.05, 3.63) is 33.2 Å². The summed E-state index contributed by atoms with van der Waals surface area (Å²) in [6, 6.07) is 3.47. The third kappa shape index (κ3) is 2.71. The van der Waals surface area contributed by atoms with Crippen molar-refractivity contribution in [3.8, 4) is 5.75 Å². The Bertz CT molecular complexity index is 672. The van der Waals surface area contributed by atoms with Crippen LogP contribution < -0.4 is 15.4 Å². The van der Waals surface area contributed by atoms with Crippen LogP contribution in [0.15, 0.2) is 17.5 Å². The van der Waals surface area contributed by atoms with Crippen molar-refractivity contribution in [1.82, 2.24) is 4.98 Å². The molecule has 0 fully saturated rings. The number of benzene rings is 1. The van der Waals surface area contributed by atoms with Crippen LogP contribution in [-0.4, -0.2) is 17.5 Å². The molecule has 1 aromatic heterocycles. The van der Waals surface area contributed by atoms with Gasteiger partial charge in [0, 0.05) is 17.1 Å². The number of carbonyl (C=O) groups excluding carboxylic acids is 1. The van der Waals surface area contributed by atoms with Gasteiger partial charge >= 0.3 is 0 Å². The highest BCUT2D eigenvalue weighted by Crippen LogP contribution is 2.36. The lowest BCUT2D eigenvalue weighted by Crippen LogP contribution is -2.25. The molecule has 20 heavy (non-hydrogen) atoms. The number of halogens is 1. The van der Waals surface area contributed by atoms with Gasteiger partial charge in [-0.25, -0.2) is 4.98 Å². The first-order valence-corrected chi connectivity index (χ1v) is 7.28. The van der Waals surface area contributed by atoms with Gasteiger partial charge in [0.2, 0.25) is 0 Å². The summed E-state index contributed by atoms with van der Waals surface area (Å²) < 4.78 is 5.36. The fourth-order valence-corrected chi connectivity index (χ4v) is 2.83. The molecular formula is C13H12ClN3O2S. The minimum absolute atomic E-state index is 0.0275. The number of ether oxygens (including phenoxy) is 1. The van der Waals surface area contributed by atoms with Crippen molar-refractivity contribution in [3.63, 3.8) is 0 Å². The smallest absolute Gasteiger partial charge is 0.262 e. The Morgan fingerprint density at radius 3 is 3.15 bits per heavy atom. The summed E-state index contributed by atoms with van der Waals surface area (Å²) in [5.41, 5.74) is 2.37. The molecule has 0 unspecified atom stereocenters. The highest BCUT2D eigenvalue weighted by molar-refractivity contribution is 7.09. The van der Waals surface area contributed by atoms with E-state index in [1.807, 2.05) is 12.3 Å². The lowest BCUT2D eigenvalue weighted by molar-refractivity contribution is -0.118. The number of hydrogen-bond acceptors (Lipinski definition) is 5. The van der Waals surface area contributed by atoms with Crippen molar-refractivity contribution < 1.29 is 9.53 Å². The summed E-state index contributed by atoms with van der Waals surface area (Å²) in [7, 11) is 0. The molecule has 1 amide bonds. The number of nitrogens with one attached hydrogen (secondary N) is 2. The van der Waals surface area contributed by atoms with Crippen LogP contribution in [0.4, 0.5) is 11.4 Å².